The van der Waals surface area contributed by atoms with Gasteiger partial charge >= 0.3 is 128 Å². The van der Waals surface area contributed by atoms with Gasteiger partial charge in [0.05, 0.1) is 18.8 Å². The molecule has 0 saturated heterocycles. The van der Waals surface area contributed by atoms with E-state index in [0.29, 0.717) is 0 Å². The summed E-state index contributed by atoms with van der Waals surface area (Å²) in [4.78, 5) is 30.3. The van der Waals surface area contributed by atoms with Crippen LogP contribution >= 0.6 is 0 Å². The molecule has 0 amide bonds. The molecular formula is C6H11KNa2O6. The van der Waals surface area contributed by atoms with Crippen molar-refractivity contribution < 1.29 is 144 Å². The molecule has 0 spiro atoms. The maximum Gasteiger partial charge on any atom is 1.00 e. The SMILES string of the molecule is O=C(O)CC(CC(=O)O)C(=O)O.[H-].[H-].[H-].[K+].[Na+].[Na+]. The zero-order valence-corrected chi connectivity index (χ0v) is 16.2. The second-order valence-electron chi connectivity index (χ2n) is 2.23. The van der Waals surface area contributed by atoms with Crippen LogP contribution in [-0.2, 0) is 14.4 Å². The fraction of sp³-hybridized carbons (Fsp3) is 0.500. The van der Waals surface area contributed by atoms with Crippen LogP contribution in [0.25, 0.3) is 0 Å². The number of rotatable bonds is 5. The molecule has 0 radical (unpaired) electrons. The van der Waals surface area contributed by atoms with Crippen LogP contribution in [0.2, 0.25) is 0 Å². The van der Waals surface area contributed by atoms with E-state index in [9.17, 15) is 14.4 Å². The van der Waals surface area contributed by atoms with Crippen molar-refractivity contribution >= 4 is 17.9 Å². The Hall–Kier alpha value is 2.05. The number of hydrogen-bond donors (Lipinski definition) is 3. The van der Waals surface area contributed by atoms with Crippen LogP contribution < -0.4 is 110 Å². The Morgan fingerprint density at radius 3 is 1.33 bits per heavy atom. The zero-order valence-electron chi connectivity index (χ0n) is 12.1. The third-order valence-electron chi connectivity index (χ3n) is 1.19. The first-order valence-electron chi connectivity index (χ1n) is 3.10. The van der Waals surface area contributed by atoms with Crippen LogP contribution in [0.3, 0.4) is 0 Å². The van der Waals surface area contributed by atoms with Gasteiger partial charge in [0.15, 0.2) is 0 Å². The van der Waals surface area contributed by atoms with Crippen molar-refractivity contribution in [2.75, 3.05) is 0 Å². The van der Waals surface area contributed by atoms with Gasteiger partial charge in [0.25, 0.3) is 0 Å². The van der Waals surface area contributed by atoms with Gasteiger partial charge < -0.3 is 19.6 Å². The van der Waals surface area contributed by atoms with Crippen molar-refractivity contribution in [3.63, 3.8) is 0 Å². The Kier molecular flexibility index (Phi) is 24.3. The van der Waals surface area contributed by atoms with Gasteiger partial charge in [0.1, 0.15) is 0 Å². The molecule has 15 heavy (non-hydrogen) atoms. The molecule has 0 aromatic rings. The van der Waals surface area contributed by atoms with Gasteiger partial charge in [-0.2, -0.15) is 0 Å². The third-order valence-corrected chi connectivity index (χ3v) is 1.19. The van der Waals surface area contributed by atoms with Crippen LogP contribution in [0.1, 0.15) is 17.1 Å². The molecule has 6 nitrogen and oxygen atoms in total. The number of hydrogen-bond acceptors (Lipinski definition) is 3. The first kappa shape index (κ1) is 25.8. The first-order valence-corrected chi connectivity index (χ1v) is 3.10. The Balaban J connectivity index is -0.0000000403. The maximum atomic E-state index is 10.2. The molecule has 0 aliphatic rings. The van der Waals surface area contributed by atoms with Crippen molar-refractivity contribution in [1.29, 1.82) is 0 Å². The van der Waals surface area contributed by atoms with E-state index in [2.05, 4.69) is 0 Å². The number of carboxylic acids is 3. The smallest absolute Gasteiger partial charge is 1.00 e. The van der Waals surface area contributed by atoms with Gasteiger partial charge in [-0.15, -0.1) is 0 Å². The predicted octanol–water partition coefficient (Wildman–Crippen LogP) is -9.01. The van der Waals surface area contributed by atoms with Gasteiger partial charge in [-0.1, -0.05) is 0 Å². The second-order valence-corrected chi connectivity index (χ2v) is 2.23. The van der Waals surface area contributed by atoms with Gasteiger partial charge in [0.2, 0.25) is 0 Å². The summed E-state index contributed by atoms with van der Waals surface area (Å²) < 4.78 is 0. The molecule has 0 aromatic heterocycles. The van der Waals surface area contributed by atoms with E-state index in [1.165, 1.54) is 0 Å². The summed E-state index contributed by atoms with van der Waals surface area (Å²) in [6, 6.07) is 0. The summed E-state index contributed by atoms with van der Waals surface area (Å²) in [7, 11) is 0. The summed E-state index contributed by atoms with van der Waals surface area (Å²) in [6.45, 7) is 0. The molecule has 0 atom stereocenters. The summed E-state index contributed by atoms with van der Waals surface area (Å²) in [5.41, 5.74) is 0. The average Bonchev–Trinajstić information content (AvgIpc) is 1.83. The molecule has 0 unspecified atom stereocenters. The van der Waals surface area contributed by atoms with Gasteiger partial charge in [0, 0.05) is 0 Å². The van der Waals surface area contributed by atoms with Crippen molar-refractivity contribution in [2.45, 2.75) is 12.8 Å². The van der Waals surface area contributed by atoms with Crippen molar-refractivity contribution in [1.82, 2.24) is 0 Å². The van der Waals surface area contributed by atoms with E-state index in [-0.39, 0.29) is 115 Å². The molecule has 0 aliphatic carbocycles. The van der Waals surface area contributed by atoms with Gasteiger partial charge in [-0.25, -0.2) is 0 Å². The Morgan fingerprint density at radius 2 is 1.20 bits per heavy atom. The largest absolute Gasteiger partial charge is 1.00 e. The summed E-state index contributed by atoms with van der Waals surface area (Å²) in [6.07, 6.45) is -1.33. The van der Waals surface area contributed by atoms with Gasteiger partial charge in [-0.05, 0) is 0 Å². The van der Waals surface area contributed by atoms with Crippen LogP contribution in [0.15, 0.2) is 0 Å². The van der Waals surface area contributed by atoms with E-state index in [0.717, 1.165) is 0 Å². The molecule has 0 heterocycles. The standard InChI is InChI=1S/C6H8O6.K.2Na.3H/c7-4(8)1-3(6(11)12)2-5(9)10;;;;;;/h3H,1-2H2,(H,7,8)(H,9,10)(H,11,12);;;;;;/q;3*+1;3*-1. The van der Waals surface area contributed by atoms with E-state index < -0.39 is 36.7 Å². The molecule has 0 saturated carbocycles. The average molecular weight is 264 g/mol. The van der Waals surface area contributed by atoms with Crippen LogP contribution in [-0.4, -0.2) is 33.2 Å². The third kappa shape index (κ3) is 16.0. The maximum absolute atomic E-state index is 10.2. The van der Waals surface area contributed by atoms with E-state index >= 15 is 0 Å². The van der Waals surface area contributed by atoms with Crippen LogP contribution in [0.5, 0.6) is 0 Å². The second kappa shape index (κ2) is 14.1. The molecule has 0 aliphatic heterocycles. The molecular weight excluding hydrogens is 253 g/mol. The van der Waals surface area contributed by atoms with Gasteiger partial charge in [-0.3, -0.25) is 14.4 Å². The topological polar surface area (TPSA) is 112 Å². The molecule has 74 valence electrons. The Morgan fingerprint density at radius 1 is 0.933 bits per heavy atom. The zero-order chi connectivity index (χ0) is 9.72. The fourth-order valence-corrected chi connectivity index (χ4v) is 0.668. The van der Waals surface area contributed by atoms with E-state index in [4.69, 9.17) is 15.3 Å². The first-order chi connectivity index (χ1) is 5.43. The van der Waals surface area contributed by atoms with Crippen molar-refractivity contribution in [3.8, 4) is 0 Å². The molecule has 9 heteroatoms. The van der Waals surface area contributed by atoms with Crippen LogP contribution in [0.4, 0.5) is 0 Å². The molecule has 3 N–H and O–H groups in total. The van der Waals surface area contributed by atoms with E-state index in [1.807, 2.05) is 0 Å². The normalized spacial score (nSPS) is 7.80. The van der Waals surface area contributed by atoms with Crippen LogP contribution in [0, 0.1) is 5.92 Å². The monoisotopic (exact) mass is 264 g/mol. The predicted molar refractivity (Wildman–Crippen MR) is 39.0 cm³/mol. The van der Waals surface area contributed by atoms with Crippen molar-refractivity contribution in [2.24, 2.45) is 5.92 Å². The summed E-state index contributed by atoms with van der Waals surface area (Å²) >= 11 is 0. The minimum atomic E-state index is -1.40. The molecule has 0 aromatic carbocycles. The molecule has 0 bridgehead atoms. The quantitative estimate of drug-likeness (QED) is 0.425. The number of aliphatic carboxylic acids is 3. The van der Waals surface area contributed by atoms with E-state index in [1.54, 1.807) is 0 Å². The van der Waals surface area contributed by atoms with Crippen molar-refractivity contribution in [3.05, 3.63) is 0 Å². The minimum Gasteiger partial charge on any atom is -1.00 e. The Labute approximate surface area is 178 Å². The number of carbonyl (C=O) groups is 3. The fourth-order valence-electron chi connectivity index (χ4n) is 0.668. The molecule has 0 fully saturated rings. The Bertz CT molecular complexity index is 217. The molecule has 0 rings (SSSR count). The summed E-state index contributed by atoms with van der Waals surface area (Å²) in [5.74, 6) is -5.38. The number of carboxylic acid groups (broad SMARTS) is 3. The minimum absolute atomic E-state index is 0. The summed E-state index contributed by atoms with van der Waals surface area (Å²) in [5, 5.41) is 24.7.